The first kappa shape index (κ1) is 15.7. The summed E-state index contributed by atoms with van der Waals surface area (Å²) in [6.45, 7) is 6.83. The van der Waals surface area contributed by atoms with Crippen molar-refractivity contribution >= 4 is 18.3 Å². The zero-order valence-corrected chi connectivity index (χ0v) is 11.3. The van der Waals surface area contributed by atoms with Crippen molar-refractivity contribution < 1.29 is 4.79 Å². The minimum Gasteiger partial charge on any atom is -0.353 e. The van der Waals surface area contributed by atoms with Crippen LogP contribution < -0.4 is 11.1 Å². The summed E-state index contributed by atoms with van der Waals surface area (Å²) in [5.74, 6) is 1.46. The molecular formula is C12H25ClN2O. The van der Waals surface area contributed by atoms with Crippen LogP contribution in [0.25, 0.3) is 0 Å². The normalized spacial score (nSPS) is 31.4. The lowest BCUT2D eigenvalue weighted by Gasteiger charge is -2.33. The van der Waals surface area contributed by atoms with Crippen LogP contribution in [0.1, 0.15) is 40.0 Å². The monoisotopic (exact) mass is 248 g/mol. The van der Waals surface area contributed by atoms with E-state index in [0.29, 0.717) is 18.5 Å². The first-order valence-electron chi connectivity index (χ1n) is 6.05. The second kappa shape index (κ2) is 7.13. The number of hydrogen-bond donors (Lipinski definition) is 2. The molecule has 0 aliphatic heterocycles. The third-order valence-electron chi connectivity index (χ3n) is 3.56. The van der Waals surface area contributed by atoms with E-state index in [4.69, 9.17) is 5.73 Å². The summed E-state index contributed by atoms with van der Waals surface area (Å²) in [5, 5.41) is 3.12. The summed E-state index contributed by atoms with van der Waals surface area (Å²) in [5.41, 5.74) is 5.47. The second-order valence-electron chi connectivity index (χ2n) is 5.15. The molecule has 1 saturated carbocycles. The lowest BCUT2D eigenvalue weighted by Crippen LogP contribution is -2.45. The fraction of sp³-hybridized carbons (Fsp3) is 0.917. The highest BCUT2D eigenvalue weighted by molar-refractivity contribution is 5.85. The van der Waals surface area contributed by atoms with Crippen LogP contribution in [-0.4, -0.2) is 18.5 Å². The van der Waals surface area contributed by atoms with Gasteiger partial charge in [-0.25, -0.2) is 0 Å². The average molecular weight is 249 g/mol. The molecule has 0 aromatic heterocycles. The summed E-state index contributed by atoms with van der Waals surface area (Å²) in [6.07, 6.45) is 3.57. The van der Waals surface area contributed by atoms with Crippen LogP contribution in [0, 0.1) is 17.8 Å². The van der Waals surface area contributed by atoms with E-state index in [9.17, 15) is 4.79 Å². The first-order valence-corrected chi connectivity index (χ1v) is 6.05. The van der Waals surface area contributed by atoms with E-state index < -0.39 is 0 Å². The van der Waals surface area contributed by atoms with E-state index in [2.05, 4.69) is 19.2 Å². The van der Waals surface area contributed by atoms with Crippen molar-refractivity contribution in [2.45, 2.75) is 46.1 Å². The molecule has 0 radical (unpaired) electrons. The molecule has 1 amide bonds. The molecule has 0 heterocycles. The van der Waals surface area contributed by atoms with Crippen LogP contribution in [0.4, 0.5) is 0 Å². The van der Waals surface area contributed by atoms with E-state index in [0.717, 1.165) is 12.3 Å². The van der Waals surface area contributed by atoms with Gasteiger partial charge < -0.3 is 11.1 Å². The molecule has 0 spiro atoms. The molecule has 4 unspecified atom stereocenters. The van der Waals surface area contributed by atoms with Crippen molar-refractivity contribution in [2.75, 3.05) is 6.54 Å². The maximum atomic E-state index is 11.7. The molecule has 0 aromatic rings. The van der Waals surface area contributed by atoms with Gasteiger partial charge in [-0.3, -0.25) is 4.79 Å². The van der Waals surface area contributed by atoms with Gasteiger partial charge >= 0.3 is 0 Å². The van der Waals surface area contributed by atoms with E-state index >= 15 is 0 Å². The Bertz CT molecular complexity index is 223. The molecule has 96 valence electrons. The Labute approximate surface area is 105 Å². The third kappa shape index (κ3) is 4.30. The summed E-state index contributed by atoms with van der Waals surface area (Å²) in [6, 6.07) is 0.364. The van der Waals surface area contributed by atoms with Gasteiger partial charge in [-0.1, -0.05) is 20.8 Å². The van der Waals surface area contributed by atoms with Crippen molar-refractivity contribution in [1.82, 2.24) is 5.32 Å². The van der Waals surface area contributed by atoms with Gasteiger partial charge in [0.15, 0.2) is 0 Å². The fourth-order valence-electron chi connectivity index (χ4n) is 2.31. The van der Waals surface area contributed by atoms with Gasteiger partial charge in [0.1, 0.15) is 0 Å². The van der Waals surface area contributed by atoms with E-state index in [-0.39, 0.29) is 24.2 Å². The van der Waals surface area contributed by atoms with Crippen LogP contribution in [0.5, 0.6) is 0 Å². The largest absolute Gasteiger partial charge is 0.353 e. The Morgan fingerprint density at radius 3 is 2.56 bits per heavy atom. The van der Waals surface area contributed by atoms with Gasteiger partial charge in [0.05, 0.1) is 0 Å². The number of nitrogens with one attached hydrogen (secondary N) is 1. The Balaban J connectivity index is 0.00000225. The Kier molecular flexibility index (Phi) is 7.00. The highest BCUT2D eigenvalue weighted by Crippen LogP contribution is 2.28. The Morgan fingerprint density at radius 1 is 1.44 bits per heavy atom. The molecule has 0 aromatic carbocycles. The number of hydrogen-bond acceptors (Lipinski definition) is 2. The number of carbonyl (C=O) groups is 1. The van der Waals surface area contributed by atoms with Gasteiger partial charge in [0, 0.05) is 18.5 Å². The molecule has 16 heavy (non-hydrogen) atoms. The standard InChI is InChI=1S/C12H24N2O.ClH/c1-8-4-5-11(9(2)6-8)14-12(15)10(3)7-13;/h8-11H,4-7,13H2,1-3H3,(H,14,15);1H. The van der Waals surface area contributed by atoms with Crippen molar-refractivity contribution in [3.63, 3.8) is 0 Å². The lowest BCUT2D eigenvalue weighted by molar-refractivity contribution is -0.125. The van der Waals surface area contributed by atoms with Crippen LogP contribution >= 0.6 is 12.4 Å². The van der Waals surface area contributed by atoms with Crippen molar-refractivity contribution in [3.8, 4) is 0 Å². The zero-order chi connectivity index (χ0) is 11.4. The highest BCUT2D eigenvalue weighted by Gasteiger charge is 2.27. The molecule has 1 rings (SSSR count). The second-order valence-corrected chi connectivity index (χ2v) is 5.15. The van der Waals surface area contributed by atoms with E-state index in [1.165, 1.54) is 12.8 Å². The van der Waals surface area contributed by atoms with Crippen LogP contribution in [-0.2, 0) is 4.79 Å². The molecule has 1 fully saturated rings. The predicted molar refractivity (Wildman–Crippen MR) is 69.6 cm³/mol. The molecule has 3 nitrogen and oxygen atoms in total. The molecule has 1 aliphatic rings. The highest BCUT2D eigenvalue weighted by atomic mass is 35.5. The number of carbonyl (C=O) groups excluding carboxylic acids is 1. The number of rotatable bonds is 3. The molecular weight excluding hydrogens is 224 g/mol. The quantitative estimate of drug-likeness (QED) is 0.802. The topological polar surface area (TPSA) is 55.1 Å². The van der Waals surface area contributed by atoms with Crippen molar-refractivity contribution in [1.29, 1.82) is 0 Å². The molecule has 4 heteroatoms. The fourth-order valence-corrected chi connectivity index (χ4v) is 2.31. The van der Waals surface area contributed by atoms with Crippen molar-refractivity contribution in [3.05, 3.63) is 0 Å². The van der Waals surface area contributed by atoms with Crippen LogP contribution in [0.3, 0.4) is 0 Å². The van der Waals surface area contributed by atoms with Crippen molar-refractivity contribution in [2.24, 2.45) is 23.5 Å². The summed E-state index contributed by atoms with van der Waals surface area (Å²) < 4.78 is 0. The van der Waals surface area contributed by atoms with Gasteiger partial charge in [-0.05, 0) is 31.1 Å². The summed E-state index contributed by atoms with van der Waals surface area (Å²) in [7, 11) is 0. The number of amides is 1. The molecule has 1 aliphatic carbocycles. The van der Waals surface area contributed by atoms with E-state index in [1.807, 2.05) is 6.92 Å². The third-order valence-corrected chi connectivity index (χ3v) is 3.56. The van der Waals surface area contributed by atoms with Gasteiger partial charge in [-0.15, -0.1) is 12.4 Å². The summed E-state index contributed by atoms with van der Waals surface area (Å²) in [4.78, 5) is 11.7. The zero-order valence-electron chi connectivity index (χ0n) is 10.5. The van der Waals surface area contributed by atoms with Crippen LogP contribution in [0.2, 0.25) is 0 Å². The van der Waals surface area contributed by atoms with Gasteiger partial charge in [0.25, 0.3) is 0 Å². The average Bonchev–Trinajstić information content (AvgIpc) is 2.20. The smallest absolute Gasteiger partial charge is 0.224 e. The minimum absolute atomic E-state index is 0. The molecule has 0 saturated heterocycles. The lowest BCUT2D eigenvalue weighted by atomic mass is 9.80. The maximum Gasteiger partial charge on any atom is 0.224 e. The maximum absolute atomic E-state index is 11.7. The van der Waals surface area contributed by atoms with Gasteiger partial charge in [0.2, 0.25) is 5.91 Å². The van der Waals surface area contributed by atoms with Gasteiger partial charge in [-0.2, -0.15) is 0 Å². The van der Waals surface area contributed by atoms with Crippen LogP contribution in [0.15, 0.2) is 0 Å². The summed E-state index contributed by atoms with van der Waals surface area (Å²) >= 11 is 0. The van der Waals surface area contributed by atoms with E-state index in [1.54, 1.807) is 0 Å². The minimum atomic E-state index is -0.0588. The molecule has 4 atom stereocenters. The SMILES string of the molecule is CC1CCC(NC(=O)C(C)CN)C(C)C1.Cl. The number of halogens is 1. The predicted octanol–water partition coefficient (Wildman–Crippen LogP) is 1.94. The molecule has 0 bridgehead atoms. The Hall–Kier alpha value is -0.280. The first-order chi connectivity index (χ1) is 7.04. The molecule has 3 N–H and O–H groups in total. The Morgan fingerprint density at radius 2 is 2.06 bits per heavy atom. The number of nitrogens with two attached hydrogens (primary N) is 1.